The van der Waals surface area contributed by atoms with E-state index in [2.05, 4.69) is 22.8 Å². The van der Waals surface area contributed by atoms with Gasteiger partial charge in [0.25, 0.3) is 0 Å². The second-order valence-corrected chi connectivity index (χ2v) is 4.58. The Balaban J connectivity index is 1.92. The Morgan fingerprint density at radius 2 is 2.46 bits per heavy atom. The van der Waals surface area contributed by atoms with Crippen molar-refractivity contribution in [1.29, 1.82) is 0 Å². The average Bonchev–Trinajstić information content (AvgIpc) is 2.71. The Labute approximate surface area is 82.6 Å². The van der Waals surface area contributed by atoms with Gasteiger partial charge in [-0.25, -0.2) is 0 Å². The van der Waals surface area contributed by atoms with Crippen LogP contribution in [0.15, 0.2) is 17.5 Å². The summed E-state index contributed by atoms with van der Waals surface area (Å²) >= 11 is 1.81. The smallest absolute Gasteiger partial charge is 0.0471 e. The highest BCUT2D eigenvalue weighted by Crippen LogP contribution is 2.28. The van der Waals surface area contributed by atoms with Gasteiger partial charge in [0.15, 0.2) is 0 Å². The van der Waals surface area contributed by atoms with E-state index in [1.165, 1.54) is 4.88 Å². The Morgan fingerprint density at radius 1 is 1.54 bits per heavy atom. The molecule has 1 aromatic heterocycles. The van der Waals surface area contributed by atoms with Crippen LogP contribution in [0.5, 0.6) is 0 Å². The zero-order valence-electron chi connectivity index (χ0n) is 7.57. The molecular weight excluding hydrogens is 182 g/mol. The topological polar surface area (TPSA) is 32.3 Å². The zero-order chi connectivity index (χ0) is 9.10. The molecule has 0 saturated carbocycles. The first-order valence-electron chi connectivity index (χ1n) is 4.78. The lowest BCUT2D eigenvalue weighted by molar-refractivity contribution is 0.184. The Hall–Kier alpha value is -0.380. The summed E-state index contributed by atoms with van der Waals surface area (Å²) in [7, 11) is 0. The van der Waals surface area contributed by atoms with Gasteiger partial charge in [-0.1, -0.05) is 6.07 Å². The maximum atomic E-state index is 8.97. The van der Waals surface area contributed by atoms with Gasteiger partial charge in [-0.15, -0.1) is 11.3 Å². The standard InChI is InChI=1S/C10H15NOS/c12-7-8-3-4-9(11-6-8)10-2-1-5-13-10/h1-2,5,8-9,11-12H,3-4,6-7H2. The number of thiophene rings is 1. The molecule has 2 heterocycles. The van der Waals surface area contributed by atoms with Gasteiger partial charge in [-0.05, 0) is 30.2 Å². The van der Waals surface area contributed by atoms with Gasteiger partial charge in [0.1, 0.15) is 0 Å². The molecule has 13 heavy (non-hydrogen) atoms. The molecule has 2 N–H and O–H groups in total. The number of rotatable bonds is 2. The third kappa shape index (κ3) is 2.10. The van der Waals surface area contributed by atoms with Gasteiger partial charge in [-0.2, -0.15) is 0 Å². The van der Waals surface area contributed by atoms with E-state index in [0.29, 0.717) is 18.6 Å². The minimum absolute atomic E-state index is 0.324. The highest BCUT2D eigenvalue weighted by atomic mass is 32.1. The lowest BCUT2D eigenvalue weighted by atomic mass is 9.95. The molecule has 3 heteroatoms. The van der Waals surface area contributed by atoms with Crippen molar-refractivity contribution in [2.24, 2.45) is 5.92 Å². The van der Waals surface area contributed by atoms with Gasteiger partial charge in [-0.3, -0.25) is 0 Å². The molecule has 1 aliphatic heterocycles. The number of piperidine rings is 1. The van der Waals surface area contributed by atoms with E-state index in [9.17, 15) is 0 Å². The minimum Gasteiger partial charge on any atom is -0.396 e. The van der Waals surface area contributed by atoms with Gasteiger partial charge >= 0.3 is 0 Å². The first kappa shape index (κ1) is 9.19. The van der Waals surface area contributed by atoms with Crippen LogP contribution in [0, 0.1) is 5.92 Å². The summed E-state index contributed by atoms with van der Waals surface area (Å²) in [6, 6.07) is 4.81. The molecule has 0 aliphatic carbocycles. The molecular formula is C10H15NOS. The molecule has 0 spiro atoms. The quantitative estimate of drug-likeness (QED) is 0.757. The first-order valence-corrected chi connectivity index (χ1v) is 5.65. The molecule has 2 nitrogen and oxygen atoms in total. The van der Waals surface area contributed by atoms with Crippen LogP contribution in [-0.4, -0.2) is 18.3 Å². The summed E-state index contributed by atoms with van der Waals surface area (Å²) in [4.78, 5) is 1.43. The van der Waals surface area contributed by atoms with Gasteiger partial charge < -0.3 is 10.4 Å². The van der Waals surface area contributed by atoms with E-state index in [4.69, 9.17) is 5.11 Å². The van der Waals surface area contributed by atoms with Crippen molar-refractivity contribution in [2.75, 3.05) is 13.2 Å². The van der Waals surface area contributed by atoms with E-state index in [1.54, 1.807) is 0 Å². The largest absolute Gasteiger partial charge is 0.396 e. The van der Waals surface area contributed by atoms with Crippen LogP contribution in [0.1, 0.15) is 23.8 Å². The SMILES string of the molecule is OCC1CCC(c2cccs2)NC1. The molecule has 2 rings (SSSR count). The van der Waals surface area contributed by atoms with E-state index in [0.717, 1.165) is 19.4 Å². The molecule has 1 aromatic rings. The molecule has 0 amide bonds. The van der Waals surface area contributed by atoms with E-state index in [1.807, 2.05) is 11.3 Å². The molecule has 0 aromatic carbocycles. The van der Waals surface area contributed by atoms with Crippen LogP contribution in [0.4, 0.5) is 0 Å². The van der Waals surface area contributed by atoms with Gasteiger partial charge in [0, 0.05) is 24.1 Å². The molecule has 2 atom stereocenters. The third-order valence-corrected chi connectivity index (χ3v) is 3.65. The lowest BCUT2D eigenvalue weighted by Crippen LogP contribution is -2.34. The van der Waals surface area contributed by atoms with Crippen molar-refractivity contribution in [3.63, 3.8) is 0 Å². The fourth-order valence-corrected chi connectivity index (χ4v) is 2.64. The van der Waals surface area contributed by atoms with Crippen molar-refractivity contribution in [3.8, 4) is 0 Å². The average molecular weight is 197 g/mol. The molecule has 2 unspecified atom stereocenters. The minimum atomic E-state index is 0.324. The molecule has 1 saturated heterocycles. The van der Waals surface area contributed by atoms with Gasteiger partial charge in [0.2, 0.25) is 0 Å². The van der Waals surface area contributed by atoms with Crippen LogP contribution in [0.3, 0.4) is 0 Å². The summed E-state index contributed by atoms with van der Waals surface area (Å²) in [5.74, 6) is 0.469. The Kier molecular flexibility index (Phi) is 2.98. The molecule has 0 radical (unpaired) electrons. The highest BCUT2D eigenvalue weighted by molar-refractivity contribution is 7.10. The zero-order valence-corrected chi connectivity index (χ0v) is 8.39. The van der Waals surface area contributed by atoms with Crippen LogP contribution < -0.4 is 5.32 Å². The van der Waals surface area contributed by atoms with Crippen LogP contribution in [-0.2, 0) is 0 Å². The lowest BCUT2D eigenvalue weighted by Gasteiger charge is -2.28. The van der Waals surface area contributed by atoms with Crippen molar-refractivity contribution < 1.29 is 5.11 Å². The number of aliphatic hydroxyl groups is 1. The van der Waals surface area contributed by atoms with E-state index in [-0.39, 0.29) is 0 Å². The summed E-state index contributed by atoms with van der Waals surface area (Å²) in [6.45, 7) is 1.28. The molecule has 0 bridgehead atoms. The summed E-state index contributed by atoms with van der Waals surface area (Å²) in [5, 5.41) is 14.6. The van der Waals surface area contributed by atoms with Crippen LogP contribution in [0.2, 0.25) is 0 Å². The fourth-order valence-electron chi connectivity index (χ4n) is 1.80. The summed E-state index contributed by atoms with van der Waals surface area (Å²) in [5.41, 5.74) is 0. The van der Waals surface area contributed by atoms with Gasteiger partial charge in [0.05, 0.1) is 0 Å². The predicted molar refractivity (Wildman–Crippen MR) is 54.9 cm³/mol. The summed E-state index contributed by atoms with van der Waals surface area (Å²) < 4.78 is 0. The highest BCUT2D eigenvalue weighted by Gasteiger charge is 2.21. The van der Waals surface area contributed by atoms with E-state index < -0.39 is 0 Å². The molecule has 72 valence electrons. The second kappa shape index (κ2) is 4.22. The fraction of sp³-hybridized carbons (Fsp3) is 0.600. The van der Waals surface area contributed by atoms with Crippen molar-refractivity contribution in [2.45, 2.75) is 18.9 Å². The van der Waals surface area contributed by atoms with Crippen molar-refractivity contribution in [3.05, 3.63) is 22.4 Å². The monoisotopic (exact) mass is 197 g/mol. The first-order chi connectivity index (χ1) is 6.40. The predicted octanol–water partition coefficient (Wildman–Crippen LogP) is 1.78. The second-order valence-electron chi connectivity index (χ2n) is 3.60. The molecule has 1 fully saturated rings. The maximum absolute atomic E-state index is 8.97. The third-order valence-electron chi connectivity index (χ3n) is 2.66. The molecule has 1 aliphatic rings. The number of hydrogen-bond donors (Lipinski definition) is 2. The van der Waals surface area contributed by atoms with Crippen molar-refractivity contribution >= 4 is 11.3 Å². The normalized spacial score (nSPS) is 29.0. The Morgan fingerprint density at radius 3 is 3.00 bits per heavy atom. The maximum Gasteiger partial charge on any atom is 0.0471 e. The Bertz CT molecular complexity index is 239. The number of nitrogens with one attached hydrogen (secondary N) is 1. The van der Waals surface area contributed by atoms with Crippen molar-refractivity contribution in [1.82, 2.24) is 5.32 Å². The summed E-state index contributed by atoms with van der Waals surface area (Å²) in [6.07, 6.45) is 2.30. The number of aliphatic hydroxyl groups excluding tert-OH is 1. The van der Waals surface area contributed by atoms with E-state index >= 15 is 0 Å². The number of hydrogen-bond acceptors (Lipinski definition) is 3. The van der Waals surface area contributed by atoms with Crippen LogP contribution in [0.25, 0.3) is 0 Å². The van der Waals surface area contributed by atoms with Crippen LogP contribution >= 0.6 is 11.3 Å².